The fourth-order valence-corrected chi connectivity index (χ4v) is 6.18. The molecule has 1 aliphatic heterocycles. The summed E-state index contributed by atoms with van der Waals surface area (Å²) in [6, 6.07) is -0.0368. The molecule has 112 valence electrons. The zero-order chi connectivity index (χ0) is 14.3. The number of hydrogen-bond acceptors (Lipinski definition) is 6. The zero-order valence-electron chi connectivity index (χ0n) is 11.4. The van der Waals surface area contributed by atoms with Crippen LogP contribution in [0.15, 0.2) is 4.21 Å². The topological polar surface area (TPSA) is 85.5 Å². The summed E-state index contributed by atoms with van der Waals surface area (Å²) in [7, 11) is -3.51. The van der Waals surface area contributed by atoms with Gasteiger partial charge in [-0.25, -0.2) is 13.4 Å². The van der Waals surface area contributed by atoms with E-state index < -0.39 is 10.0 Å². The van der Waals surface area contributed by atoms with Crippen LogP contribution in [0.3, 0.4) is 0 Å². The smallest absolute Gasteiger partial charge is 0.254 e. The Morgan fingerprint density at radius 3 is 2.85 bits per heavy atom. The highest BCUT2D eigenvalue weighted by Crippen LogP contribution is 2.35. The molecule has 20 heavy (non-hydrogen) atoms. The van der Waals surface area contributed by atoms with Crippen molar-refractivity contribution in [1.82, 2.24) is 9.29 Å². The van der Waals surface area contributed by atoms with Gasteiger partial charge in [0.2, 0.25) is 0 Å². The van der Waals surface area contributed by atoms with Crippen molar-refractivity contribution in [2.45, 2.75) is 49.0 Å². The summed E-state index contributed by atoms with van der Waals surface area (Å²) in [5, 5.41) is 0.300. The van der Waals surface area contributed by atoms with Crippen LogP contribution in [0, 0.1) is 6.92 Å². The molecule has 3 rings (SSSR count). The van der Waals surface area contributed by atoms with E-state index in [9.17, 15) is 8.42 Å². The van der Waals surface area contributed by atoms with Gasteiger partial charge < -0.3 is 10.5 Å². The summed E-state index contributed by atoms with van der Waals surface area (Å²) >= 11 is 1.05. The highest BCUT2D eigenvalue weighted by molar-refractivity contribution is 7.91. The van der Waals surface area contributed by atoms with Crippen molar-refractivity contribution in [3.63, 3.8) is 0 Å². The molecular weight excluding hydrogens is 298 g/mol. The number of nitrogen functional groups attached to an aromatic ring is 1. The van der Waals surface area contributed by atoms with Gasteiger partial charge in [-0.3, -0.25) is 0 Å². The fraction of sp³-hybridized carbons (Fsp3) is 0.750. The van der Waals surface area contributed by atoms with Gasteiger partial charge in [0.25, 0.3) is 10.0 Å². The number of rotatable bonds is 2. The number of aryl methyl sites for hydroxylation is 1. The number of anilines is 1. The van der Waals surface area contributed by atoms with E-state index in [-0.39, 0.29) is 16.4 Å². The van der Waals surface area contributed by atoms with E-state index >= 15 is 0 Å². The van der Waals surface area contributed by atoms with Crippen LogP contribution in [0.1, 0.15) is 31.4 Å². The van der Waals surface area contributed by atoms with E-state index in [1.807, 2.05) is 0 Å². The lowest BCUT2D eigenvalue weighted by molar-refractivity contribution is -0.0585. The van der Waals surface area contributed by atoms with Gasteiger partial charge in [-0.05, 0) is 19.8 Å². The van der Waals surface area contributed by atoms with Crippen LogP contribution in [-0.4, -0.2) is 43.0 Å². The molecule has 2 atom stereocenters. The summed E-state index contributed by atoms with van der Waals surface area (Å²) in [5.74, 6) is 0. The lowest BCUT2D eigenvalue weighted by atomic mass is 9.91. The van der Waals surface area contributed by atoms with Gasteiger partial charge in [0.1, 0.15) is 0 Å². The van der Waals surface area contributed by atoms with Crippen molar-refractivity contribution in [1.29, 1.82) is 0 Å². The third-order valence-corrected chi connectivity index (χ3v) is 7.49. The van der Waals surface area contributed by atoms with Gasteiger partial charge in [0.15, 0.2) is 9.34 Å². The summed E-state index contributed by atoms with van der Waals surface area (Å²) in [4.78, 5) is 4.04. The van der Waals surface area contributed by atoms with Crippen molar-refractivity contribution >= 4 is 26.5 Å². The van der Waals surface area contributed by atoms with Crippen LogP contribution in [-0.2, 0) is 14.8 Å². The molecule has 1 aromatic rings. The van der Waals surface area contributed by atoms with Gasteiger partial charge in [-0.15, -0.1) is 0 Å². The number of nitrogens with zero attached hydrogens (tertiary/aromatic N) is 2. The molecule has 1 aliphatic carbocycles. The maximum absolute atomic E-state index is 12.9. The molecule has 2 unspecified atom stereocenters. The molecule has 6 nitrogen and oxygen atoms in total. The number of hydrogen-bond donors (Lipinski definition) is 1. The maximum Gasteiger partial charge on any atom is 0.254 e. The SMILES string of the molecule is Cc1nc(N)sc1S(=O)(=O)N1CCOC2CCCCC21. The maximum atomic E-state index is 12.9. The van der Waals surface area contributed by atoms with Crippen molar-refractivity contribution in [2.75, 3.05) is 18.9 Å². The quantitative estimate of drug-likeness (QED) is 0.890. The van der Waals surface area contributed by atoms with E-state index in [0.29, 0.717) is 24.0 Å². The molecule has 0 radical (unpaired) electrons. The second-order valence-corrected chi connectivity index (χ2v) is 8.42. The first-order chi connectivity index (χ1) is 9.50. The number of morpholine rings is 1. The number of nitrogens with two attached hydrogens (primary N) is 1. The zero-order valence-corrected chi connectivity index (χ0v) is 13.0. The summed E-state index contributed by atoms with van der Waals surface area (Å²) < 4.78 is 33.3. The summed E-state index contributed by atoms with van der Waals surface area (Å²) in [5.41, 5.74) is 6.13. The lowest BCUT2D eigenvalue weighted by Gasteiger charge is -2.42. The number of ether oxygens (including phenoxy) is 1. The standard InChI is InChI=1S/C12H19N3O3S2/c1-8-11(19-12(13)14-8)20(16,17)15-6-7-18-10-5-3-2-4-9(10)15/h9-10H,2-7H2,1H3,(H2,13,14). The van der Waals surface area contributed by atoms with E-state index in [4.69, 9.17) is 10.5 Å². The van der Waals surface area contributed by atoms with Gasteiger partial charge in [-0.2, -0.15) is 4.31 Å². The van der Waals surface area contributed by atoms with Gasteiger partial charge >= 0.3 is 0 Å². The van der Waals surface area contributed by atoms with Crippen LogP contribution in [0.5, 0.6) is 0 Å². The summed E-state index contributed by atoms with van der Waals surface area (Å²) in [6.45, 7) is 2.58. The molecule has 0 aromatic carbocycles. The van der Waals surface area contributed by atoms with Crippen LogP contribution in [0.25, 0.3) is 0 Å². The molecule has 0 spiro atoms. The monoisotopic (exact) mass is 317 g/mol. The number of sulfonamides is 1. The molecule has 2 heterocycles. The second-order valence-electron chi connectivity index (χ2n) is 5.30. The fourth-order valence-electron chi connectivity index (χ4n) is 3.11. The van der Waals surface area contributed by atoms with Crippen molar-refractivity contribution in [2.24, 2.45) is 0 Å². The van der Waals surface area contributed by atoms with Crippen molar-refractivity contribution < 1.29 is 13.2 Å². The van der Waals surface area contributed by atoms with Crippen molar-refractivity contribution in [3.05, 3.63) is 5.69 Å². The Morgan fingerprint density at radius 2 is 2.15 bits per heavy atom. The normalized spacial score (nSPS) is 28.2. The Labute approximate surface area is 123 Å². The first-order valence-corrected chi connectivity index (χ1v) is 9.12. The minimum atomic E-state index is -3.51. The lowest BCUT2D eigenvalue weighted by Crippen LogP contribution is -2.54. The largest absolute Gasteiger partial charge is 0.375 e. The second kappa shape index (κ2) is 5.25. The molecule has 1 saturated heterocycles. The minimum absolute atomic E-state index is 0.0368. The van der Waals surface area contributed by atoms with Crippen LogP contribution >= 0.6 is 11.3 Å². The Hall–Kier alpha value is -0.700. The average Bonchev–Trinajstić information content (AvgIpc) is 2.78. The van der Waals surface area contributed by atoms with Gasteiger partial charge in [0.05, 0.1) is 24.4 Å². The average molecular weight is 317 g/mol. The predicted molar refractivity (Wildman–Crippen MR) is 77.2 cm³/mol. The number of aromatic nitrogens is 1. The highest BCUT2D eigenvalue weighted by atomic mass is 32.2. The van der Waals surface area contributed by atoms with Crippen LogP contribution < -0.4 is 5.73 Å². The molecule has 2 fully saturated rings. The summed E-state index contributed by atoms with van der Waals surface area (Å²) in [6.07, 6.45) is 4.03. The van der Waals surface area contributed by atoms with Gasteiger partial charge in [0, 0.05) is 6.54 Å². The highest BCUT2D eigenvalue weighted by Gasteiger charge is 2.42. The molecular formula is C12H19N3O3S2. The predicted octanol–water partition coefficient (Wildman–Crippen LogP) is 1.37. The number of thiazole rings is 1. The number of fused-ring (bicyclic) bond motifs is 1. The molecule has 0 amide bonds. The first kappa shape index (κ1) is 14.2. The molecule has 8 heteroatoms. The van der Waals surface area contributed by atoms with Crippen LogP contribution in [0.2, 0.25) is 0 Å². The third kappa shape index (κ3) is 2.34. The van der Waals surface area contributed by atoms with E-state index in [2.05, 4.69) is 4.98 Å². The van der Waals surface area contributed by atoms with E-state index in [0.717, 1.165) is 37.0 Å². The Kier molecular flexibility index (Phi) is 3.74. The Balaban J connectivity index is 1.95. The molecule has 0 bridgehead atoms. The molecule has 2 aliphatic rings. The third-order valence-electron chi connectivity index (χ3n) is 3.99. The van der Waals surface area contributed by atoms with Gasteiger partial charge in [-0.1, -0.05) is 24.2 Å². The molecule has 1 saturated carbocycles. The Morgan fingerprint density at radius 1 is 1.40 bits per heavy atom. The van der Waals surface area contributed by atoms with Crippen molar-refractivity contribution in [3.8, 4) is 0 Å². The van der Waals surface area contributed by atoms with E-state index in [1.54, 1.807) is 11.2 Å². The van der Waals surface area contributed by atoms with Crippen LogP contribution in [0.4, 0.5) is 5.13 Å². The molecule has 2 N–H and O–H groups in total. The Bertz CT molecular complexity index is 597. The van der Waals surface area contributed by atoms with E-state index in [1.165, 1.54) is 0 Å². The molecule has 1 aromatic heterocycles. The first-order valence-electron chi connectivity index (χ1n) is 6.86. The minimum Gasteiger partial charge on any atom is -0.375 e.